The third-order valence-corrected chi connectivity index (χ3v) is 3.60. The van der Waals surface area contributed by atoms with E-state index in [1.165, 1.54) is 12.1 Å². The van der Waals surface area contributed by atoms with Crippen LogP contribution in [0.3, 0.4) is 0 Å². The van der Waals surface area contributed by atoms with Gasteiger partial charge in [0.25, 0.3) is 0 Å². The number of carbonyl (C=O) groups excluding carboxylic acids is 1. The van der Waals surface area contributed by atoms with E-state index in [0.29, 0.717) is 6.42 Å². The zero-order valence-corrected chi connectivity index (χ0v) is 13.8. The van der Waals surface area contributed by atoms with E-state index < -0.39 is 12.0 Å². The molecule has 3 N–H and O–H groups in total. The van der Waals surface area contributed by atoms with Gasteiger partial charge >= 0.3 is 5.97 Å². The van der Waals surface area contributed by atoms with Crippen LogP contribution in [-0.2, 0) is 9.59 Å². The second-order valence-electron chi connectivity index (χ2n) is 5.90. The third-order valence-electron chi connectivity index (χ3n) is 3.60. The van der Waals surface area contributed by atoms with Crippen molar-refractivity contribution in [3.8, 4) is 0 Å². The van der Waals surface area contributed by atoms with Crippen LogP contribution in [0.1, 0.15) is 45.2 Å². The number of hydrogen-bond donors (Lipinski definition) is 3. The highest BCUT2D eigenvalue weighted by Gasteiger charge is 2.20. The van der Waals surface area contributed by atoms with Gasteiger partial charge in [-0.3, -0.25) is 14.9 Å². The number of carboxylic acid groups (broad SMARTS) is 1. The van der Waals surface area contributed by atoms with E-state index in [1.54, 1.807) is 12.1 Å². The van der Waals surface area contributed by atoms with Gasteiger partial charge in [0.05, 0.1) is 12.6 Å². The van der Waals surface area contributed by atoms with Crippen molar-refractivity contribution in [2.45, 2.75) is 45.7 Å². The Bertz CT molecular complexity index is 517. The Morgan fingerprint density at radius 3 is 2.30 bits per heavy atom. The summed E-state index contributed by atoms with van der Waals surface area (Å²) in [5.41, 5.74) is 0.818. The van der Waals surface area contributed by atoms with Crippen molar-refractivity contribution >= 4 is 11.9 Å². The second kappa shape index (κ2) is 9.25. The molecular weight excluding hydrogens is 299 g/mol. The van der Waals surface area contributed by atoms with Crippen molar-refractivity contribution in [1.29, 1.82) is 0 Å². The van der Waals surface area contributed by atoms with E-state index in [4.69, 9.17) is 5.11 Å². The quantitative estimate of drug-likeness (QED) is 0.652. The number of halogens is 1. The predicted octanol–water partition coefficient (Wildman–Crippen LogP) is 2.48. The smallest absolute Gasteiger partial charge is 0.320 e. The Hall–Kier alpha value is -1.95. The molecule has 5 nitrogen and oxygen atoms in total. The molecule has 2 atom stereocenters. The van der Waals surface area contributed by atoms with E-state index in [1.807, 2.05) is 20.8 Å². The van der Waals surface area contributed by atoms with Crippen molar-refractivity contribution in [2.24, 2.45) is 5.92 Å². The average molecular weight is 324 g/mol. The first-order chi connectivity index (χ1) is 10.8. The summed E-state index contributed by atoms with van der Waals surface area (Å²) >= 11 is 0. The lowest BCUT2D eigenvalue weighted by molar-refractivity contribution is -0.139. The molecule has 0 fully saturated rings. The zero-order valence-electron chi connectivity index (χ0n) is 13.8. The number of aliphatic carboxylic acids is 1. The van der Waals surface area contributed by atoms with Gasteiger partial charge in [-0.05, 0) is 30.0 Å². The molecule has 0 radical (unpaired) electrons. The first-order valence-electron chi connectivity index (χ1n) is 7.86. The molecule has 0 saturated heterocycles. The third kappa shape index (κ3) is 6.36. The van der Waals surface area contributed by atoms with Crippen LogP contribution in [0.15, 0.2) is 24.3 Å². The molecule has 128 valence electrons. The first kappa shape index (κ1) is 19.1. The largest absolute Gasteiger partial charge is 0.480 e. The molecular formula is C17H25FN2O3. The van der Waals surface area contributed by atoms with Gasteiger partial charge in [-0.1, -0.05) is 39.3 Å². The van der Waals surface area contributed by atoms with Gasteiger partial charge in [-0.2, -0.15) is 0 Å². The fourth-order valence-corrected chi connectivity index (χ4v) is 2.35. The SMILES string of the molecule is CCCC(NCC(=O)NC(c1ccc(F)cc1)C(C)C)C(=O)O. The van der Waals surface area contributed by atoms with Crippen molar-refractivity contribution in [1.82, 2.24) is 10.6 Å². The number of rotatable bonds is 9. The lowest BCUT2D eigenvalue weighted by atomic mass is 9.96. The van der Waals surface area contributed by atoms with Crippen LogP contribution in [0.5, 0.6) is 0 Å². The highest BCUT2D eigenvalue weighted by molar-refractivity contribution is 5.80. The Morgan fingerprint density at radius 1 is 1.22 bits per heavy atom. The summed E-state index contributed by atoms with van der Waals surface area (Å²) in [4.78, 5) is 23.1. The molecule has 0 bridgehead atoms. The number of benzene rings is 1. The monoisotopic (exact) mass is 324 g/mol. The minimum Gasteiger partial charge on any atom is -0.480 e. The summed E-state index contributed by atoms with van der Waals surface area (Å²) in [5, 5.41) is 14.7. The number of hydrogen-bond acceptors (Lipinski definition) is 3. The van der Waals surface area contributed by atoms with Crippen molar-refractivity contribution in [3.63, 3.8) is 0 Å². The van der Waals surface area contributed by atoms with Crippen LogP contribution >= 0.6 is 0 Å². The molecule has 2 unspecified atom stereocenters. The molecule has 0 aliphatic rings. The Labute approximate surface area is 136 Å². The molecule has 1 aromatic rings. The second-order valence-corrected chi connectivity index (χ2v) is 5.90. The lowest BCUT2D eigenvalue weighted by Crippen LogP contribution is -2.44. The van der Waals surface area contributed by atoms with Crippen LogP contribution in [0.25, 0.3) is 0 Å². The molecule has 0 spiro atoms. The van der Waals surface area contributed by atoms with Gasteiger partial charge < -0.3 is 10.4 Å². The summed E-state index contributed by atoms with van der Waals surface area (Å²) in [6, 6.07) is 5.03. The van der Waals surface area contributed by atoms with Crippen LogP contribution in [0.4, 0.5) is 4.39 Å². The van der Waals surface area contributed by atoms with Crippen molar-refractivity contribution in [3.05, 3.63) is 35.6 Å². The number of carboxylic acids is 1. The molecule has 0 saturated carbocycles. The molecule has 23 heavy (non-hydrogen) atoms. The number of amides is 1. The summed E-state index contributed by atoms with van der Waals surface area (Å²) in [7, 11) is 0. The normalized spacial score (nSPS) is 13.6. The fraction of sp³-hybridized carbons (Fsp3) is 0.529. The summed E-state index contributed by atoms with van der Waals surface area (Å²) < 4.78 is 13.0. The zero-order chi connectivity index (χ0) is 17.4. The molecule has 1 rings (SSSR count). The van der Waals surface area contributed by atoms with E-state index >= 15 is 0 Å². The Balaban J connectivity index is 2.64. The maximum atomic E-state index is 13.0. The number of carbonyl (C=O) groups is 2. The Kier molecular flexibility index (Phi) is 7.68. The molecule has 1 amide bonds. The molecule has 1 aromatic carbocycles. The van der Waals surface area contributed by atoms with Gasteiger partial charge in [0.2, 0.25) is 5.91 Å². The van der Waals surface area contributed by atoms with Gasteiger partial charge in [0.15, 0.2) is 0 Å². The van der Waals surface area contributed by atoms with Crippen molar-refractivity contribution < 1.29 is 19.1 Å². The fourth-order valence-electron chi connectivity index (χ4n) is 2.35. The average Bonchev–Trinajstić information content (AvgIpc) is 2.49. The van der Waals surface area contributed by atoms with Gasteiger partial charge in [-0.25, -0.2) is 4.39 Å². The van der Waals surface area contributed by atoms with Gasteiger partial charge in [0, 0.05) is 0 Å². The maximum absolute atomic E-state index is 13.0. The number of nitrogens with one attached hydrogen (secondary N) is 2. The predicted molar refractivity (Wildman–Crippen MR) is 86.5 cm³/mol. The highest BCUT2D eigenvalue weighted by atomic mass is 19.1. The first-order valence-corrected chi connectivity index (χ1v) is 7.86. The van der Waals surface area contributed by atoms with Gasteiger partial charge in [-0.15, -0.1) is 0 Å². The van der Waals surface area contributed by atoms with Crippen LogP contribution in [-0.4, -0.2) is 29.6 Å². The minimum atomic E-state index is -0.960. The van der Waals surface area contributed by atoms with Crippen molar-refractivity contribution in [2.75, 3.05) is 6.54 Å². The lowest BCUT2D eigenvalue weighted by Gasteiger charge is -2.23. The van der Waals surface area contributed by atoms with Crippen LogP contribution < -0.4 is 10.6 Å². The standard InChI is InChI=1S/C17H25FN2O3/c1-4-5-14(17(22)23)19-10-15(21)20-16(11(2)3)12-6-8-13(18)9-7-12/h6-9,11,14,16,19H,4-5,10H2,1-3H3,(H,20,21)(H,22,23). The highest BCUT2D eigenvalue weighted by Crippen LogP contribution is 2.21. The summed E-state index contributed by atoms with van der Waals surface area (Å²) in [6.45, 7) is 5.74. The van der Waals surface area contributed by atoms with E-state index in [2.05, 4.69) is 10.6 Å². The topological polar surface area (TPSA) is 78.4 Å². The van der Waals surface area contributed by atoms with E-state index in [-0.39, 0.29) is 30.2 Å². The maximum Gasteiger partial charge on any atom is 0.320 e. The van der Waals surface area contributed by atoms with E-state index in [9.17, 15) is 14.0 Å². The van der Waals surface area contributed by atoms with Gasteiger partial charge in [0.1, 0.15) is 11.9 Å². The molecule has 0 aromatic heterocycles. The summed E-state index contributed by atoms with van der Waals surface area (Å²) in [5.74, 6) is -1.45. The van der Waals surface area contributed by atoms with Crippen LogP contribution in [0, 0.1) is 11.7 Å². The molecule has 0 aliphatic heterocycles. The van der Waals surface area contributed by atoms with E-state index in [0.717, 1.165) is 12.0 Å². The Morgan fingerprint density at radius 2 is 1.83 bits per heavy atom. The molecule has 6 heteroatoms. The molecule has 0 heterocycles. The minimum absolute atomic E-state index is 0.0681. The summed E-state index contributed by atoms with van der Waals surface area (Å²) in [6.07, 6.45) is 1.18. The molecule has 0 aliphatic carbocycles. The van der Waals surface area contributed by atoms with Crippen LogP contribution in [0.2, 0.25) is 0 Å².